The molecule has 8 heteroatoms. The summed E-state index contributed by atoms with van der Waals surface area (Å²) < 4.78 is 10.5. The summed E-state index contributed by atoms with van der Waals surface area (Å²) in [6.07, 6.45) is 0.0617. The molecule has 1 amide bonds. The fraction of sp³-hybridized carbons (Fsp3) is 0.233. The topological polar surface area (TPSA) is 113 Å². The average Bonchev–Trinajstić information content (AvgIpc) is 3.18. The number of amides is 1. The lowest BCUT2D eigenvalue weighted by Gasteiger charge is -2.25. The number of rotatable bonds is 8. The largest absolute Gasteiger partial charge is 0.508 e. The molecule has 38 heavy (non-hydrogen) atoms. The first-order valence-corrected chi connectivity index (χ1v) is 12.2. The van der Waals surface area contributed by atoms with E-state index in [2.05, 4.69) is 0 Å². The van der Waals surface area contributed by atoms with Gasteiger partial charge >= 0.3 is 5.97 Å². The number of hydrogen-bond acceptors (Lipinski definition) is 7. The molecule has 0 aliphatic carbocycles. The Morgan fingerprint density at radius 1 is 1.00 bits per heavy atom. The van der Waals surface area contributed by atoms with Crippen LogP contribution in [-0.4, -0.2) is 41.6 Å². The van der Waals surface area contributed by atoms with Crippen LogP contribution in [0.3, 0.4) is 0 Å². The molecule has 1 aliphatic heterocycles. The van der Waals surface area contributed by atoms with Crippen LogP contribution in [0.2, 0.25) is 0 Å². The van der Waals surface area contributed by atoms with E-state index in [0.29, 0.717) is 40.7 Å². The van der Waals surface area contributed by atoms with Crippen LogP contribution in [0.1, 0.15) is 36.6 Å². The van der Waals surface area contributed by atoms with Gasteiger partial charge in [0.15, 0.2) is 0 Å². The number of esters is 1. The van der Waals surface area contributed by atoms with E-state index in [4.69, 9.17) is 9.47 Å². The molecule has 0 radical (unpaired) electrons. The Morgan fingerprint density at radius 3 is 2.32 bits per heavy atom. The molecule has 0 bridgehead atoms. The molecule has 1 unspecified atom stereocenters. The van der Waals surface area contributed by atoms with Crippen molar-refractivity contribution >= 4 is 29.1 Å². The molecule has 0 aromatic heterocycles. The second-order valence-electron chi connectivity index (χ2n) is 9.41. The number of carbonyl (C=O) groups is 3. The van der Waals surface area contributed by atoms with Gasteiger partial charge in [-0.2, -0.15) is 0 Å². The summed E-state index contributed by atoms with van der Waals surface area (Å²) >= 11 is 0. The summed E-state index contributed by atoms with van der Waals surface area (Å²) in [6, 6.07) is 18.5. The van der Waals surface area contributed by atoms with Crippen molar-refractivity contribution in [2.75, 3.05) is 18.6 Å². The first-order chi connectivity index (χ1) is 18.2. The van der Waals surface area contributed by atoms with Gasteiger partial charge < -0.3 is 19.7 Å². The van der Waals surface area contributed by atoms with Crippen molar-refractivity contribution in [2.45, 2.75) is 26.3 Å². The molecule has 3 aromatic carbocycles. The monoisotopic (exact) mass is 515 g/mol. The van der Waals surface area contributed by atoms with Gasteiger partial charge in [0.05, 0.1) is 31.8 Å². The molecule has 1 heterocycles. The Hall–Kier alpha value is -4.59. The molecule has 1 fully saturated rings. The molecule has 1 aliphatic rings. The first-order valence-electron chi connectivity index (χ1n) is 12.2. The Kier molecular flexibility index (Phi) is 7.81. The number of aliphatic hydroxyl groups is 1. The van der Waals surface area contributed by atoms with E-state index >= 15 is 0 Å². The molecule has 1 saturated heterocycles. The zero-order valence-electron chi connectivity index (χ0n) is 21.4. The SMILES string of the molecule is COC(=O)Cc1ccc(N2C(=O)C(=O)/C(=C(\O)c3cccc(OCC(C)C)c3)C2c2ccc(O)cc2)cc1. The van der Waals surface area contributed by atoms with E-state index in [1.54, 1.807) is 60.7 Å². The maximum absolute atomic E-state index is 13.4. The predicted octanol–water partition coefficient (Wildman–Crippen LogP) is 4.77. The highest BCUT2D eigenvalue weighted by Gasteiger charge is 2.47. The van der Waals surface area contributed by atoms with Crippen LogP contribution in [0.4, 0.5) is 5.69 Å². The Labute approximate surface area is 220 Å². The van der Waals surface area contributed by atoms with Crippen molar-refractivity contribution in [3.8, 4) is 11.5 Å². The van der Waals surface area contributed by atoms with Crippen molar-refractivity contribution < 1.29 is 34.1 Å². The molecule has 3 aromatic rings. The minimum absolute atomic E-state index is 0.0212. The third-order valence-corrected chi connectivity index (χ3v) is 6.13. The van der Waals surface area contributed by atoms with Crippen LogP contribution < -0.4 is 9.64 Å². The summed E-state index contributed by atoms with van der Waals surface area (Å²) in [5, 5.41) is 21.2. The summed E-state index contributed by atoms with van der Waals surface area (Å²) in [7, 11) is 1.31. The van der Waals surface area contributed by atoms with Crippen molar-refractivity contribution in [3.63, 3.8) is 0 Å². The van der Waals surface area contributed by atoms with E-state index in [0.717, 1.165) is 0 Å². The normalized spacial score (nSPS) is 16.6. The number of hydrogen-bond donors (Lipinski definition) is 2. The van der Waals surface area contributed by atoms with E-state index in [1.807, 2.05) is 13.8 Å². The van der Waals surface area contributed by atoms with E-state index in [9.17, 15) is 24.6 Å². The third-order valence-electron chi connectivity index (χ3n) is 6.13. The summed E-state index contributed by atoms with van der Waals surface area (Å²) in [6.45, 7) is 4.52. The summed E-state index contributed by atoms with van der Waals surface area (Å²) in [4.78, 5) is 39.6. The average molecular weight is 516 g/mol. The molecule has 2 N–H and O–H groups in total. The Morgan fingerprint density at radius 2 is 1.68 bits per heavy atom. The van der Waals surface area contributed by atoms with Gasteiger partial charge in [0.1, 0.15) is 17.3 Å². The van der Waals surface area contributed by atoms with Crippen molar-refractivity contribution in [2.24, 2.45) is 5.92 Å². The smallest absolute Gasteiger partial charge is 0.309 e. The summed E-state index contributed by atoms with van der Waals surface area (Å²) in [5.74, 6) is -1.54. The standard InChI is InChI=1S/C30H29NO7/c1-18(2)17-38-24-6-4-5-21(16-24)28(34)26-27(20-9-13-23(32)14-10-20)31(30(36)29(26)35)22-11-7-19(8-12-22)15-25(33)37-3/h4-14,16,18,27,32,34H,15,17H2,1-3H3/b28-26-. The molecular formula is C30H29NO7. The number of aromatic hydroxyl groups is 1. The number of phenols is 1. The minimum Gasteiger partial charge on any atom is -0.508 e. The van der Waals surface area contributed by atoms with Crippen molar-refractivity contribution in [1.29, 1.82) is 0 Å². The molecular weight excluding hydrogens is 486 g/mol. The zero-order valence-corrected chi connectivity index (χ0v) is 21.4. The zero-order chi connectivity index (χ0) is 27.4. The number of methoxy groups -OCH3 is 1. The molecule has 8 nitrogen and oxygen atoms in total. The van der Waals surface area contributed by atoms with Gasteiger partial charge in [-0.25, -0.2) is 0 Å². The summed E-state index contributed by atoms with van der Waals surface area (Å²) in [5.41, 5.74) is 1.86. The number of aliphatic hydroxyl groups excluding tert-OH is 1. The number of ether oxygens (including phenoxy) is 2. The maximum atomic E-state index is 13.4. The second-order valence-corrected chi connectivity index (χ2v) is 9.41. The van der Waals surface area contributed by atoms with Gasteiger partial charge in [0.2, 0.25) is 0 Å². The minimum atomic E-state index is -0.956. The van der Waals surface area contributed by atoms with E-state index in [-0.39, 0.29) is 23.5 Å². The molecule has 0 saturated carbocycles. The van der Waals surface area contributed by atoms with Gasteiger partial charge in [-0.1, -0.05) is 50.2 Å². The van der Waals surface area contributed by atoms with Crippen LogP contribution in [0.5, 0.6) is 11.5 Å². The maximum Gasteiger partial charge on any atom is 0.309 e. The number of Topliss-reactive ketones (excluding diaryl/α,β-unsaturated/α-hetero) is 1. The highest BCUT2D eigenvalue weighted by molar-refractivity contribution is 6.51. The highest BCUT2D eigenvalue weighted by Crippen LogP contribution is 2.42. The van der Waals surface area contributed by atoms with Crippen molar-refractivity contribution in [1.82, 2.24) is 0 Å². The number of benzene rings is 3. The predicted molar refractivity (Wildman–Crippen MR) is 142 cm³/mol. The number of anilines is 1. The van der Waals surface area contributed by atoms with Crippen LogP contribution in [-0.2, 0) is 25.5 Å². The second kappa shape index (κ2) is 11.2. The van der Waals surface area contributed by atoms with E-state index in [1.165, 1.54) is 24.1 Å². The quantitative estimate of drug-likeness (QED) is 0.192. The fourth-order valence-electron chi connectivity index (χ4n) is 4.24. The molecule has 4 rings (SSSR count). The molecule has 0 spiro atoms. The lowest BCUT2D eigenvalue weighted by Crippen LogP contribution is -2.29. The van der Waals surface area contributed by atoms with Crippen LogP contribution in [0.25, 0.3) is 5.76 Å². The highest BCUT2D eigenvalue weighted by atomic mass is 16.5. The van der Waals surface area contributed by atoms with Crippen LogP contribution >= 0.6 is 0 Å². The van der Waals surface area contributed by atoms with Gasteiger partial charge in [0.25, 0.3) is 11.7 Å². The first kappa shape index (κ1) is 26.5. The fourth-order valence-corrected chi connectivity index (χ4v) is 4.24. The molecule has 196 valence electrons. The Bertz CT molecular complexity index is 1370. The van der Waals surface area contributed by atoms with Crippen LogP contribution in [0, 0.1) is 5.92 Å². The number of carbonyl (C=O) groups excluding carboxylic acids is 3. The van der Waals surface area contributed by atoms with Gasteiger partial charge in [-0.05, 0) is 53.4 Å². The lowest BCUT2D eigenvalue weighted by molar-refractivity contribution is -0.139. The lowest BCUT2D eigenvalue weighted by atomic mass is 9.95. The van der Waals surface area contributed by atoms with Gasteiger partial charge in [-0.15, -0.1) is 0 Å². The van der Waals surface area contributed by atoms with Gasteiger partial charge in [-0.3, -0.25) is 19.3 Å². The van der Waals surface area contributed by atoms with Gasteiger partial charge in [0, 0.05) is 11.3 Å². The van der Waals surface area contributed by atoms with Crippen molar-refractivity contribution in [3.05, 3.63) is 95.1 Å². The van der Waals surface area contributed by atoms with E-state index < -0.39 is 23.7 Å². The number of ketones is 1. The molecule has 1 atom stereocenters. The number of nitrogens with zero attached hydrogens (tertiary/aromatic N) is 1. The number of phenolic OH excluding ortho intramolecular Hbond substituents is 1. The Balaban J connectivity index is 1.80. The third kappa shape index (κ3) is 5.54. The van der Waals surface area contributed by atoms with Crippen LogP contribution in [0.15, 0.2) is 78.4 Å².